The summed E-state index contributed by atoms with van der Waals surface area (Å²) in [6.07, 6.45) is 5.80. The minimum atomic E-state index is -0.945. The number of rotatable bonds is 9. The van der Waals surface area contributed by atoms with E-state index in [1.54, 1.807) is 24.3 Å². The van der Waals surface area contributed by atoms with Gasteiger partial charge in [0.05, 0.1) is 17.5 Å². The zero-order valence-electron chi connectivity index (χ0n) is 20.2. The number of nitrogens with one attached hydrogen (secondary N) is 2. The predicted octanol–water partition coefficient (Wildman–Crippen LogP) is 7.50. The Morgan fingerprint density at radius 1 is 1.06 bits per heavy atom. The molecule has 36 heavy (non-hydrogen) atoms. The molecule has 1 unspecified atom stereocenters. The molecular weight excluding hydrogens is 499 g/mol. The number of halogens is 2. The first-order valence-electron chi connectivity index (χ1n) is 12.2. The van der Waals surface area contributed by atoms with Gasteiger partial charge >= 0.3 is 5.97 Å². The van der Waals surface area contributed by atoms with Crippen molar-refractivity contribution in [3.8, 4) is 11.3 Å². The lowest BCUT2D eigenvalue weighted by atomic mass is 9.81. The highest BCUT2D eigenvalue weighted by atomic mass is 35.5. The smallest absolute Gasteiger partial charge is 0.305 e. The Bertz CT molecular complexity index is 1220. The Labute approximate surface area is 221 Å². The number of benzene rings is 2. The molecule has 1 fully saturated rings. The monoisotopic (exact) mass is 528 g/mol. The number of aliphatic carboxylic acids is 1. The van der Waals surface area contributed by atoms with Crippen LogP contribution in [0.1, 0.15) is 66.2 Å². The van der Waals surface area contributed by atoms with E-state index in [0.29, 0.717) is 27.3 Å². The fraction of sp³-hybridized carbons (Fsp3) is 0.357. The van der Waals surface area contributed by atoms with Crippen LogP contribution in [0.2, 0.25) is 10.0 Å². The normalized spacial score (nSPS) is 14.9. The van der Waals surface area contributed by atoms with Crippen molar-refractivity contribution in [2.45, 2.75) is 51.5 Å². The summed E-state index contributed by atoms with van der Waals surface area (Å²) in [6, 6.07) is 14.8. The van der Waals surface area contributed by atoms with Crippen LogP contribution in [-0.2, 0) is 4.79 Å². The van der Waals surface area contributed by atoms with Gasteiger partial charge in [-0.2, -0.15) is 0 Å². The summed E-state index contributed by atoms with van der Waals surface area (Å²) >= 11 is 12.5. The van der Waals surface area contributed by atoms with E-state index in [1.807, 2.05) is 25.1 Å². The zero-order valence-corrected chi connectivity index (χ0v) is 21.7. The minimum absolute atomic E-state index is 0.0455. The highest BCUT2D eigenvalue weighted by molar-refractivity contribution is 6.36. The average molecular weight is 529 g/mol. The second-order valence-electron chi connectivity index (χ2n) is 9.24. The van der Waals surface area contributed by atoms with E-state index >= 15 is 0 Å². The SMILES string of the molecule is Cc1oc(-c2ccc(Cl)cc2Cl)cc1C(Nc1ccc(C(=O)NCCC(=O)O)cc1)C1CCCCC1. The largest absolute Gasteiger partial charge is 0.481 e. The Balaban J connectivity index is 1.56. The molecule has 0 bridgehead atoms. The molecule has 1 saturated carbocycles. The first kappa shape index (κ1) is 26.1. The maximum absolute atomic E-state index is 12.3. The number of carbonyl (C=O) groups excluding carboxylic acids is 1. The van der Waals surface area contributed by atoms with Crippen LogP contribution in [-0.4, -0.2) is 23.5 Å². The number of carboxylic acids is 1. The molecule has 0 spiro atoms. The molecule has 0 aliphatic heterocycles. The van der Waals surface area contributed by atoms with Crippen LogP contribution in [0, 0.1) is 12.8 Å². The molecule has 1 atom stereocenters. The number of anilines is 1. The fourth-order valence-corrected chi connectivity index (χ4v) is 5.33. The Morgan fingerprint density at radius 2 is 1.78 bits per heavy atom. The molecule has 8 heteroatoms. The van der Waals surface area contributed by atoms with Gasteiger partial charge in [0.25, 0.3) is 5.91 Å². The van der Waals surface area contributed by atoms with Gasteiger partial charge in [-0.1, -0.05) is 42.5 Å². The molecule has 190 valence electrons. The molecule has 6 nitrogen and oxygen atoms in total. The van der Waals surface area contributed by atoms with E-state index in [0.717, 1.165) is 35.4 Å². The van der Waals surface area contributed by atoms with E-state index in [9.17, 15) is 9.59 Å². The van der Waals surface area contributed by atoms with Crippen LogP contribution in [0.4, 0.5) is 5.69 Å². The number of amides is 1. The Hall–Kier alpha value is -2.96. The fourth-order valence-electron chi connectivity index (χ4n) is 4.83. The number of carboxylic acid groups (broad SMARTS) is 1. The van der Waals surface area contributed by atoms with Crippen molar-refractivity contribution in [2.24, 2.45) is 5.92 Å². The predicted molar refractivity (Wildman–Crippen MR) is 143 cm³/mol. The van der Waals surface area contributed by atoms with E-state index in [1.165, 1.54) is 19.3 Å². The number of carbonyl (C=O) groups is 2. The summed E-state index contributed by atoms with van der Waals surface area (Å²) in [4.78, 5) is 23.0. The summed E-state index contributed by atoms with van der Waals surface area (Å²) in [5.41, 5.74) is 3.29. The highest BCUT2D eigenvalue weighted by Gasteiger charge is 2.29. The van der Waals surface area contributed by atoms with E-state index in [4.69, 9.17) is 32.7 Å². The number of furan rings is 1. The molecule has 4 rings (SSSR count). The molecule has 2 aromatic carbocycles. The molecule has 1 aromatic heterocycles. The first-order chi connectivity index (χ1) is 17.3. The van der Waals surface area contributed by atoms with Crippen molar-refractivity contribution in [3.05, 3.63) is 75.5 Å². The molecule has 0 saturated heterocycles. The van der Waals surface area contributed by atoms with Gasteiger partial charge in [0.15, 0.2) is 0 Å². The standard InChI is InChI=1S/C28H30Cl2N2O4/c1-17-23(16-25(36-17)22-12-9-20(29)15-24(22)30)27(18-5-3-2-4-6-18)32-21-10-7-19(8-11-21)28(35)31-14-13-26(33)34/h7-12,15-16,18,27,32H,2-6,13-14H2,1H3,(H,31,35)(H,33,34). The Kier molecular flexibility index (Phi) is 8.60. The second-order valence-corrected chi connectivity index (χ2v) is 10.1. The molecule has 1 aliphatic carbocycles. The average Bonchev–Trinajstić information content (AvgIpc) is 3.24. The maximum Gasteiger partial charge on any atom is 0.305 e. The second kappa shape index (κ2) is 11.8. The molecule has 1 aliphatic rings. The van der Waals surface area contributed by atoms with Gasteiger partial charge < -0.3 is 20.2 Å². The molecule has 3 N–H and O–H groups in total. The molecule has 3 aromatic rings. The van der Waals surface area contributed by atoms with E-state index < -0.39 is 5.97 Å². The molecule has 1 heterocycles. The van der Waals surface area contributed by atoms with Gasteiger partial charge in [-0.05, 0) is 74.2 Å². The lowest BCUT2D eigenvalue weighted by Gasteiger charge is -2.31. The molecular formula is C28H30Cl2N2O4. The maximum atomic E-state index is 12.3. The van der Waals surface area contributed by atoms with Gasteiger partial charge in [-0.15, -0.1) is 0 Å². The summed E-state index contributed by atoms with van der Waals surface area (Å²) in [5, 5.41) is 16.2. The first-order valence-corrected chi connectivity index (χ1v) is 13.0. The molecule has 0 radical (unpaired) electrons. The summed E-state index contributed by atoms with van der Waals surface area (Å²) in [5.74, 6) is 0.762. The van der Waals surface area contributed by atoms with Gasteiger partial charge in [-0.3, -0.25) is 9.59 Å². The number of aryl methyl sites for hydroxylation is 1. The van der Waals surface area contributed by atoms with Gasteiger partial charge in [-0.25, -0.2) is 0 Å². The van der Waals surface area contributed by atoms with Crippen molar-refractivity contribution in [1.29, 1.82) is 0 Å². The minimum Gasteiger partial charge on any atom is -0.481 e. The third kappa shape index (κ3) is 6.42. The summed E-state index contributed by atoms with van der Waals surface area (Å²) < 4.78 is 6.17. The van der Waals surface area contributed by atoms with Crippen LogP contribution < -0.4 is 10.6 Å². The van der Waals surface area contributed by atoms with Crippen molar-refractivity contribution in [1.82, 2.24) is 5.32 Å². The van der Waals surface area contributed by atoms with Crippen LogP contribution >= 0.6 is 23.2 Å². The molecule has 1 amide bonds. The van der Waals surface area contributed by atoms with Gasteiger partial charge in [0.2, 0.25) is 0 Å². The van der Waals surface area contributed by atoms with Crippen LogP contribution in [0.5, 0.6) is 0 Å². The summed E-state index contributed by atoms with van der Waals surface area (Å²) in [6.45, 7) is 2.07. The van der Waals surface area contributed by atoms with Crippen molar-refractivity contribution < 1.29 is 19.1 Å². The van der Waals surface area contributed by atoms with Gasteiger partial charge in [0.1, 0.15) is 11.5 Å². The Morgan fingerprint density at radius 3 is 2.44 bits per heavy atom. The topological polar surface area (TPSA) is 91.6 Å². The van der Waals surface area contributed by atoms with Gasteiger partial charge in [0, 0.05) is 33.9 Å². The summed E-state index contributed by atoms with van der Waals surface area (Å²) in [7, 11) is 0. The quantitative estimate of drug-likeness (QED) is 0.267. The lowest BCUT2D eigenvalue weighted by molar-refractivity contribution is -0.136. The third-order valence-corrected chi connectivity index (χ3v) is 7.25. The van der Waals surface area contributed by atoms with Crippen LogP contribution in [0.3, 0.4) is 0 Å². The van der Waals surface area contributed by atoms with Crippen molar-refractivity contribution in [3.63, 3.8) is 0 Å². The van der Waals surface area contributed by atoms with E-state index in [-0.39, 0.29) is 24.9 Å². The van der Waals surface area contributed by atoms with Crippen molar-refractivity contribution >= 4 is 40.8 Å². The van der Waals surface area contributed by atoms with Crippen LogP contribution in [0.25, 0.3) is 11.3 Å². The zero-order chi connectivity index (χ0) is 25.7. The van der Waals surface area contributed by atoms with E-state index in [2.05, 4.69) is 16.7 Å². The third-order valence-electron chi connectivity index (χ3n) is 6.70. The van der Waals surface area contributed by atoms with Crippen molar-refractivity contribution in [2.75, 3.05) is 11.9 Å². The number of hydrogen-bond acceptors (Lipinski definition) is 4. The van der Waals surface area contributed by atoms with Crippen LogP contribution in [0.15, 0.2) is 52.9 Å². The number of hydrogen-bond donors (Lipinski definition) is 3. The highest BCUT2D eigenvalue weighted by Crippen LogP contribution is 2.41. The lowest BCUT2D eigenvalue weighted by Crippen LogP contribution is -2.26.